The Morgan fingerprint density at radius 1 is 0.944 bits per heavy atom. The van der Waals surface area contributed by atoms with Gasteiger partial charge in [-0.2, -0.15) is 0 Å². The van der Waals surface area contributed by atoms with Crippen molar-refractivity contribution in [3.8, 4) is 0 Å². The topological polar surface area (TPSA) is 52.3 Å². The van der Waals surface area contributed by atoms with Crippen LogP contribution < -0.4 is 5.73 Å². The van der Waals surface area contributed by atoms with Crippen LogP contribution in [0.25, 0.3) is 11.8 Å². The number of ether oxygens (including phenoxy) is 1. The molecule has 0 fully saturated rings. The first-order chi connectivity index (χ1) is 8.74. The average molecular weight is 237 g/mol. The highest BCUT2D eigenvalue weighted by Crippen LogP contribution is 2.30. The predicted molar refractivity (Wildman–Crippen MR) is 70.6 cm³/mol. The van der Waals surface area contributed by atoms with E-state index in [9.17, 15) is 4.79 Å². The van der Waals surface area contributed by atoms with Crippen molar-refractivity contribution in [2.75, 3.05) is 5.73 Å². The fraction of sp³-hybridized carbons (Fsp3) is 0. The zero-order chi connectivity index (χ0) is 12.5. The zero-order valence-corrected chi connectivity index (χ0v) is 9.59. The number of carbonyl (C=O) groups excluding carboxylic acids is 1. The van der Waals surface area contributed by atoms with Crippen LogP contribution in [0.5, 0.6) is 0 Å². The summed E-state index contributed by atoms with van der Waals surface area (Å²) in [5, 5.41) is 0. The van der Waals surface area contributed by atoms with E-state index < -0.39 is 0 Å². The minimum atomic E-state index is -0.299. The van der Waals surface area contributed by atoms with E-state index in [0.717, 1.165) is 11.1 Å². The summed E-state index contributed by atoms with van der Waals surface area (Å²) in [7, 11) is 0. The fourth-order valence-electron chi connectivity index (χ4n) is 1.94. The van der Waals surface area contributed by atoms with Crippen molar-refractivity contribution < 1.29 is 9.53 Å². The van der Waals surface area contributed by atoms with Gasteiger partial charge in [-0.15, -0.1) is 0 Å². The first-order valence-electron chi connectivity index (χ1n) is 5.63. The second kappa shape index (κ2) is 4.04. The number of nitrogens with two attached hydrogens (primary N) is 1. The second-order valence-electron chi connectivity index (χ2n) is 4.11. The summed E-state index contributed by atoms with van der Waals surface area (Å²) in [6.07, 6.45) is 1.84. The Bertz CT molecular complexity index is 642. The number of benzene rings is 2. The van der Waals surface area contributed by atoms with Gasteiger partial charge in [0.1, 0.15) is 5.76 Å². The van der Waals surface area contributed by atoms with Gasteiger partial charge in [-0.1, -0.05) is 30.3 Å². The standard InChI is InChI=1S/C15H11NO2/c16-11-7-5-10(6-8-11)9-14-12-3-1-2-4-13(12)15(17)18-14/h1-9H,16H2/b14-9-. The maximum atomic E-state index is 11.6. The normalized spacial score (nSPS) is 15.6. The number of cyclic esters (lactones) is 1. The third kappa shape index (κ3) is 1.76. The fourth-order valence-corrected chi connectivity index (χ4v) is 1.94. The van der Waals surface area contributed by atoms with E-state index in [2.05, 4.69) is 0 Å². The molecule has 0 amide bonds. The summed E-state index contributed by atoms with van der Waals surface area (Å²) < 4.78 is 5.26. The summed E-state index contributed by atoms with van der Waals surface area (Å²) in [4.78, 5) is 11.6. The first-order valence-corrected chi connectivity index (χ1v) is 5.63. The smallest absolute Gasteiger partial charge is 0.344 e. The molecule has 2 aromatic carbocycles. The maximum absolute atomic E-state index is 11.6. The summed E-state index contributed by atoms with van der Waals surface area (Å²) >= 11 is 0. The van der Waals surface area contributed by atoms with Crippen LogP contribution in [0.3, 0.4) is 0 Å². The van der Waals surface area contributed by atoms with Crippen LogP contribution in [0.15, 0.2) is 48.5 Å². The number of hydrogen-bond acceptors (Lipinski definition) is 3. The number of hydrogen-bond donors (Lipinski definition) is 1. The molecule has 18 heavy (non-hydrogen) atoms. The van der Waals surface area contributed by atoms with Crippen molar-refractivity contribution in [2.45, 2.75) is 0 Å². The van der Waals surface area contributed by atoms with Gasteiger partial charge in [-0.25, -0.2) is 4.79 Å². The number of anilines is 1. The Kier molecular flexibility index (Phi) is 2.38. The summed E-state index contributed by atoms with van der Waals surface area (Å²) in [5.74, 6) is 0.285. The lowest BCUT2D eigenvalue weighted by Gasteiger charge is -1.99. The van der Waals surface area contributed by atoms with Gasteiger partial charge >= 0.3 is 5.97 Å². The zero-order valence-electron chi connectivity index (χ0n) is 9.59. The van der Waals surface area contributed by atoms with Gasteiger partial charge in [0.05, 0.1) is 5.56 Å². The quantitative estimate of drug-likeness (QED) is 0.612. The lowest BCUT2D eigenvalue weighted by atomic mass is 10.1. The van der Waals surface area contributed by atoms with E-state index in [-0.39, 0.29) is 5.97 Å². The number of esters is 1. The Hall–Kier alpha value is -2.55. The van der Waals surface area contributed by atoms with Crippen LogP contribution in [0.4, 0.5) is 5.69 Å². The monoisotopic (exact) mass is 237 g/mol. The molecule has 0 aliphatic carbocycles. The number of fused-ring (bicyclic) bond motifs is 1. The molecular weight excluding hydrogens is 226 g/mol. The molecule has 0 radical (unpaired) electrons. The van der Waals surface area contributed by atoms with Gasteiger partial charge < -0.3 is 10.5 Å². The van der Waals surface area contributed by atoms with Crippen molar-refractivity contribution in [3.05, 3.63) is 65.2 Å². The highest BCUT2D eigenvalue weighted by atomic mass is 16.5. The van der Waals surface area contributed by atoms with E-state index in [0.29, 0.717) is 17.0 Å². The molecule has 3 heteroatoms. The Morgan fingerprint density at radius 2 is 1.61 bits per heavy atom. The SMILES string of the molecule is Nc1ccc(/C=C2\OC(=O)c3ccccc32)cc1. The van der Waals surface area contributed by atoms with Gasteiger partial charge in [-0.3, -0.25) is 0 Å². The summed E-state index contributed by atoms with van der Waals surface area (Å²) in [5.41, 5.74) is 8.73. The molecule has 3 rings (SSSR count). The van der Waals surface area contributed by atoms with E-state index >= 15 is 0 Å². The van der Waals surface area contributed by atoms with Crippen molar-refractivity contribution in [2.24, 2.45) is 0 Å². The number of carbonyl (C=O) groups is 1. The molecular formula is C15H11NO2. The van der Waals surface area contributed by atoms with Crippen LogP contribution >= 0.6 is 0 Å². The maximum Gasteiger partial charge on any atom is 0.344 e. The second-order valence-corrected chi connectivity index (χ2v) is 4.11. The molecule has 0 aromatic heterocycles. The molecule has 1 aliphatic rings. The van der Waals surface area contributed by atoms with Gasteiger partial charge in [0, 0.05) is 11.3 Å². The van der Waals surface area contributed by atoms with Crippen molar-refractivity contribution >= 4 is 23.5 Å². The van der Waals surface area contributed by atoms with Crippen molar-refractivity contribution in [3.63, 3.8) is 0 Å². The Labute approximate surface area is 105 Å². The van der Waals surface area contributed by atoms with Gasteiger partial charge in [0.2, 0.25) is 0 Å². The van der Waals surface area contributed by atoms with E-state index in [1.54, 1.807) is 6.07 Å². The molecule has 2 N–H and O–H groups in total. The summed E-state index contributed by atoms with van der Waals surface area (Å²) in [6, 6.07) is 14.8. The highest BCUT2D eigenvalue weighted by molar-refractivity contribution is 6.05. The van der Waals surface area contributed by atoms with E-state index in [1.165, 1.54) is 0 Å². The number of nitrogen functional groups attached to an aromatic ring is 1. The average Bonchev–Trinajstić information content (AvgIpc) is 2.70. The highest BCUT2D eigenvalue weighted by Gasteiger charge is 2.25. The van der Waals surface area contributed by atoms with Crippen molar-refractivity contribution in [1.29, 1.82) is 0 Å². The van der Waals surface area contributed by atoms with Crippen LogP contribution in [-0.2, 0) is 4.74 Å². The van der Waals surface area contributed by atoms with Crippen molar-refractivity contribution in [1.82, 2.24) is 0 Å². The lowest BCUT2D eigenvalue weighted by Crippen LogP contribution is -1.92. The summed E-state index contributed by atoms with van der Waals surface area (Å²) in [6.45, 7) is 0. The largest absolute Gasteiger partial charge is 0.422 e. The minimum Gasteiger partial charge on any atom is -0.422 e. The minimum absolute atomic E-state index is 0.299. The van der Waals surface area contributed by atoms with Gasteiger partial charge in [0.15, 0.2) is 0 Å². The molecule has 0 spiro atoms. The van der Waals surface area contributed by atoms with Crippen LogP contribution in [-0.4, -0.2) is 5.97 Å². The molecule has 3 nitrogen and oxygen atoms in total. The Morgan fingerprint density at radius 3 is 2.33 bits per heavy atom. The molecule has 0 unspecified atom stereocenters. The predicted octanol–water partition coefficient (Wildman–Crippen LogP) is 2.94. The molecule has 88 valence electrons. The molecule has 1 heterocycles. The third-order valence-corrected chi connectivity index (χ3v) is 2.85. The van der Waals surface area contributed by atoms with Gasteiger partial charge in [-0.05, 0) is 29.8 Å². The lowest BCUT2D eigenvalue weighted by molar-refractivity contribution is 0.0717. The van der Waals surface area contributed by atoms with Gasteiger partial charge in [0.25, 0.3) is 0 Å². The molecule has 0 bridgehead atoms. The molecule has 0 atom stereocenters. The third-order valence-electron chi connectivity index (χ3n) is 2.85. The molecule has 0 saturated carbocycles. The Balaban J connectivity index is 2.04. The molecule has 1 aliphatic heterocycles. The van der Waals surface area contributed by atoms with E-state index in [1.807, 2.05) is 48.5 Å². The first kappa shape index (κ1) is 10.6. The molecule has 0 saturated heterocycles. The number of rotatable bonds is 1. The van der Waals surface area contributed by atoms with Crippen LogP contribution in [0, 0.1) is 0 Å². The van der Waals surface area contributed by atoms with Crippen LogP contribution in [0.2, 0.25) is 0 Å². The van der Waals surface area contributed by atoms with Crippen LogP contribution in [0.1, 0.15) is 21.5 Å². The van der Waals surface area contributed by atoms with E-state index in [4.69, 9.17) is 10.5 Å². The molecule has 2 aromatic rings.